The molecule has 0 aliphatic heterocycles. The van der Waals surface area contributed by atoms with Crippen molar-refractivity contribution in [3.8, 4) is 0 Å². The molecule has 0 saturated carbocycles. The van der Waals surface area contributed by atoms with Crippen LogP contribution in [-0.2, 0) is 6.42 Å². The maximum Gasteiger partial charge on any atom is 0.244 e. The van der Waals surface area contributed by atoms with Gasteiger partial charge < -0.3 is 10.2 Å². The molecule has 0 amide bonds. The number of halogens is 1. The van der Waals surface area contributed by atoms with Crippen LogP contribution in [0, 0.1) is 12.7 Å². The zero-order chi connectivity index (χ0) is 18.4. The molecule has 0 spiro atoms. The number of hydrogen-bond donors (Lipinski definition) is 1. The Morgan fingerprint density at radius 1 is 1.12 bits per heavy atom. The van der Waals surface area contributed by atoms with Crippen molar-refractivity contribution in [2.75, 3.05) is 23.3 Å². The van der Waals surface area contributed by atoms with E-state index in [4.69, 9.17) is 0 Å². The molecule has 2 aromatic carbocycles. The first-order valence-electron chi connectivity index (χ1n) is 8.68. The molecule has 1 N–H and O–H groups in total. The molecular formula is C20H22FN5. The first kappa shape index (κ1) is 17.8. The van der Waals surface area contributed by atoms with Gasteiger partial charge in [-0.15, -0.1) is 5.10 Å². The summed E-state index contributed by atoms with van der Waals surface area (Å²) in [6.45, 7) is 5.56. The fraction of sp³-hybridized carbons (Fsp3) is 0.250. The van der Waals surface area contributed by atoms with Crippen LogP contribution >= 0.6 is 0 Å². The highest BCUT2D eigenvalue weighted by atomic mass is 19.1. The predicted molar refractivity (Wildman–Crippen MR) is 102 cm³/mol. The van der Waals surface area contributed by atoms with E-state index < -0.39 is 0 Å². The minimum Gasteiger partial charge on any atom is -0.353 e. The second-order valence-electron chi connectivity index (χ2n) is 6.02. The van der Waals surface area contributed by atoms with E-state index in [9.17, 15) is 4.39 Å². The zero-order valence-corrected chi connectivity index (χ0v) is 15.0. The van der Waals surface area contributed by atoms with Crippen LogP contribution in [0.4, 0.5) is 21.8 Å². The summed E-state index contributed by atoms with van der Waals surface area (Å²) in [5.74, 6) is 1.01. The van der Waals surface area contributed by atoms with Crippen LogP contribution in [0.5, 0.6) is 0 Å². The monoisotopic (exact) mass is 351 g/mol. The van der Waals surface area contributed by atoms with E-state index in [1.807, 2.05) is 6.07 Å². The number of aromatic nitrogens is 3. The van der Waals surface area contributed by atoms with E-state index in [1.54, 1.807) is 18.3 Å². The highest BCUT2D eigenvalue weighted by Crippen LogP contribution is 2.23. The van der Waals surface area contributed by atoms with Crippen LogP contribution in [-0.4, -0.2) is 28.3 Å². The van der Waals surface area contributed by atoms with E-state index in [0.717, 1.165) is 30.0 Å². The van der Waals surface area contributed by atoms with Crippen LogP contribution in [0.1, 0.15) is 18.1 Å². The van der Waals surface area contributed by atoms with Gasteiger partial charge in [0.05, 0.1) is 6.20 Å². The number of rotatable bonds is 7. The molecule has 6 heteroatoms. The Labute approximate surface area is 152 Å². The Morgan fingerprint density at radius 3 is 2.65 bits per heavy atom. The smallest absolute Gasteiger partial charge is 0.244 e. The van der Waals surface area contributed by atoms with Crippen molar-refractivity contribution in [1.82, 2.24) is 15.2 Å². The molecule has 134 valence electrons. The van der Waals surface area contributed by atoms with E-state index in [0.29, 0.717) is 12.5 Å². The number of nitrogens with one attached hydrogen (secondary N) is 1. The summed E-state index contributed by atoms with van der Waals surface area (Å²) in [5, 5.41) is 11.3. The van der Waals surface area contributed by atoms with Crippen molar-refractivity contribution in [2.45, 2.75) is 20.3 Å². The SMILES string of the molecule is CCN(c1cccc(C)c1)c1cnnc(NCCc2ccc(F)cc2)n1. The Kier molecular flexibility index (Phi) is 5.73. The topological polar surface area (TPSA) is 53.9 Å². The normalized spacial score (nSPS) is 10.6. The van der Waals surface area contributed by atoms with Crippen molar-refractivity contribution in [1.29, 1.82) is 0 Å². The maximum atomic E-state index is 12.9. The van der Waals surface area contributed by atoms with Gasteiger partial charge in [-0.1, -0.05) is 24.3 Å². The van der Waals surface area contributed by atoms with Crippen molar-refractivity contribution in [2.24, 2.45) is 0 Å². The Hall–Kier alpha value is -3.02. The largest absolute Gasteiger partial charge is 0.353 e. The summed E-state index contributed by atoms with van der Waals surface area (Å²) >= 11 is 0. The summed E-state index contributed by atoms with van der Waals surface area (Å²) in [4.78, 5) is 6.67. The molecule has 1 aromatic heterocycles. The van der Waals surface area contributed by atoms with Crippen molar-refractivity contribution < 1.29 is 4.39 Å². The fourth-order valence-electron chi connectivity index (χ4n) is 2.74. The molecule has 3 rings (SSSR count). The third-order valence-electron chi connectivity index (χ3n) is 4.06. The molecule has 3 aromatic rings. The number of anilines is 3. The van der Waals surface area contributed by atoms with Gasteiger partial charge >= 0.3 is 0 Å². The molecule has 1 heterocycles. The fourth-order valence-corrected chi connectivity index (χ4v) is 2.74. The molecular weight excluding hydrogens is 329 g/mol. The lowest BCUT2D eigenvalue weighted by Crippen LogP contribution is -2.19. The van der Waals surface area contributed by atoms with Gasteiger partial charge in [0.1, 0.15) is 5.82 Å². The summed E-state index contributed by atoms with van der Waals surface area (Å²) in [5.41, 5.74) is 3.32. The zero-order valence-electron chi connectivity index (χ0n) is 15.0. The molecule has 26 heavy (non-hydrogen) atoms. The Bertz CT molecular complexity index is 851. The first-order chi connectivity index (χ1) is 12.7. The van der Waals surface area contributed by atoms with Crippen LogP contribution in [0.15, 0.2) is 54.7 Å². The minimum atomic E-state index is -0.224. The third-order valence-corrected chi connectivity index (χ3v) is 4.06. The molecule has 0 radical (unpaired) electrons. The summed E-state index contributed by atoms with van der Waals surface area (Å²) in [6, 6.07) is 14.8. The molecule has 0 saturated heterocycles. The van der Waals surface area contributed by atoms with E-state index in [2.05, 4.69) is 57.4 Å². The molecule has 0 fully saturated rings. The van der Waals surface area contributed by atoms with E-state index >= 15 is 0 Å². The lowest BCUT2D eigenvalue weighted by atomic mass is 10.1. The number of nitrogens with zero attached hydrogens (tertiary/aromatic N) is 4. The molecule has 0 aliphatic carbocycles. The number of aryl methyl sites for hydroxylation is 1. The lowest BCUT2D eigenvalue weighted by Gasteiger charge is -2.22. The van der Waals surface area contributed by atoms with E-state index in [1.165, 1.54) is 17.7 Å². The van der Waals surface area contributed by atoms with Gasteiger partial charge in [-0.25, -0.2) is 4.39 Å². The van der Waals surface area contributed by atoms with Gasteiger partial charge in [0.25, 0.3) is 0 Å². The van der Waals surface area contributed by atoms with Gasteiger partial charge in [-0.2, -0.15) is 10.1 Å². The Morgan fingerprint density at radius 2 is 1.92 bits per heavy atom. The predicted octanol–water partition coefficient (Wildman–Crippen LogP) is 4.13. The molecule has 0 aliphatic rings. The van der Waals surface area contributed by atoms with Gasteiger partial charge in [-0.3, -0.25) is 0 Å². The number of hydrogen-bond acceptors (Lipinski definition) is 5. The van der Waals surface area contributed by atoms with Crippen LogP contribution in [0.3, 0.4) is 0 Å². The minimum absolute atomic E-state index is 0.224. The highest BCUT2D eigenvalue weighted by Gasteiger charge is 2.10. The number of benzene rings is 2. The molecule has 0 unspecified atom stereocenters. The van der Waals surface area contributed by atoms with Gasteiger partial charge in [-0.05, 0) is 55.7 Å². The molecule has 0 bridgehead atoms. The van der Waals surface area contributed by atoms with Crippen LogP contribution < -0.4 is 10.2 Å². The van der Waals surface area contributed by atoms with Gasteiger partial charge in [0, 0.05) is 18.8 Å². The van der Waals surface area contributed by atoms with Crippen molar-refractivity contribution in [3.05, 3.63) is 71.7 Å². The lowest BCUT2D eigenvalue weighted by molar-refractivity contribution is 0.627. The average Bonchev–Trinajstić information content (AvgIpc) is 2.65. The quantitative estimate of drug-likeness (QED) is 0.693. The standard InChI is InChI=1S/C20H22FN5/c1-3-26(18-6-4-5-15(2)13-18)19-14-23-25-20(24-19)22-12-11-16-7-9-17(21)10-8-16/h4-10,13-14H,3,11-12H2,1-2H3,(H,22,24,25). The van der Waals surface area contributed by atoms with Gasteiger partial charge in [0.2, 0.25) is 5.95 Å². The summed E-state index contributed by atoms with van der Waals surface area (Å²) < 4.78 is 12.9. The third kappa shape index (κ3) is 4.53. The molecule has 5 nitrogen and oxygen atoms in total. The van der Waals surface area contributed by atoms with Gasteiger partial charge in [0.15, 0.2) is 5.82 Å². The first-order valence-corrected chi connectivity index (χ1v) is 8.68. The maximum absolute atomic E-state index is 12.9. The second kappa shape index (κ2) is 8.38. The Balaban J connectivity index is 1.67. The van der Waals surface area contributed by atoms with Crippen LogP contribution in [0.25, 0.3) is 0 Å². The highest BCUT2D eigenvalue weighted by molar-refractivity contribution is 5.60. The summed E-state index contributed by atoms with van der Waals surface area (Å²) in [6.07, 6.45) is 2.42. The molecule has 0 atom stereocenters. The average molecular weight is 351 g/mol. The van der Waals surface area contributed by atoms with Crippen molar-refractivity contribution >= 4 is 17.5 Å². The van der Waals surface area contributed by atoms with Crippen molar-refractivity contribution in [3.63, 3.8) is 0 Å². The van der Waals surface area contributed by atoms with E-state index in [-0.39, 0.29) is 5.82 Å². The second-order valence-corrected chi connectivity index (χ2v) is 6.02. The summed E-state index contributed by atoms with van der Waals surface area (Å²) in [7, 11) is 0. The van der Waals surface area contributed by atoms with Crippen LogP contribution in [0.2, 0.25) is 0 Å².